The van der Waals surface area contributed by atoms with Crippen LogP contribution in [0.5, 0.6) is 0 Å². The molecule has 1 aliphatic rings. The second-order valence-corrected chi connectivity index (χ2v) is 4.91. The quantitative estimate of drug-likeness (QED) is 0.748. The Kier molecular flexibility index (Phi) is 3.41. The second kappa shape index (κ2) is 4.79. The van der Waals surface area contributed by atoms with Gasteiger partial charge < -0.3 is 10.3 Å². The largest absolute Gasteiger partial charge is 0.347 e. The van der Waals surface area contributed by atoms with Gasteiger partial charge in [-0.3, -0.25) is 0 Å². The van der Waals surface area contributed by atoms with Crippen molar-refractivity contribution < 1.29 is 0 Å². The Morgan fingerprint density at radius 2 is 2.07 bits per heavy atom. The molecule has 0 amide bonds. The molecule has 1 heterocycles. The number of aromatic nitrogens is 2. The molecular formula is C12H21N3. The predicted octanol–water partition coefficient (Wildman–Crippen LogP) is 2.61. The summed E-state index contributed by atoms with van der Waals surface area (Å²) in [6, 6.07) is 0. The number of hydrogen-bond acceptors (Lipinski definition) is 2. The molecule has 0 aromatic carbocycles. The lowest BCUT2D eigenvalue weighted by Gasteiger charge is -2.29. The summed E-state index contributed by atoms with van der Waals surface area (Å²) in [5.74, 6) is 0. The molecule has 2 rings (SSSR count). The Morgan fingerprint density at radius 3 is 2.67 bits per heavy atom. The molecule has 0 saturated heterocycles. The van der Waals surface area contributed by atoms with E-state index in [1.54, 1.807) is 6.33 Å². The molecule has 1 aliphatic carbocycles. The highest BCUT2D eigenvalue weighted by Gasteiger charge is 2.24. The Hall–Kier alpha value is -0.830. The third-order valence-electron chi connectivity index (χ3n) is 3.47. The topological polar surface area (TPSA) is 40.7 Å². The van der Waals surface area contributed by atoms with Crippen LogP contribution in [0.15, 0.2) is 12.5 Å². The van der Waals surface area contributed by atoms with Crippen molar-refractivity contribution in [3.05, 3.63) is 18.2 Å². The van der Waals surface area contributed by atoms with Crippen LogP contribution in [0.3, 0.4) is 0 Å². The lowest BCUT2D eigenvalue weighted by Crippen LogP contribution is -2.41. The van der Waals surface area contributed by atoms with E-state index in [4.69, 9.17) is 0 Å². The molecule has 0 spiro atoms. The zero-order chi connectivity index (χ0) is 10.6. The number of imidazole rings is 1. The first-order chi connectivity index (χ1) is 7.29. The Morgan fingerprint density at radius 1 is 1.33 bits per heavy atom. The molecule has 3 heteroatoms. The van der Waals surface area contributed by atoms with Gasteiger partial charge in [0.1, 0.15) is 0 Å². The Bertz CT molecular complexity index is 271. The van der Waals surface area contributed by atoms with Gasteiger partial charge in [-0.25, -0.2) is 4.98 Å². The minimum atomic E-state index is 0.335. The van der Waals surface area contributed by atoms with Gasteiger partial charge in [0, 0.05) is 24.0 Å². The highest BCUT2D eigenvalue weighted by atomic mass is 15.0. The number of H-pyrrole nitrogens is 1. The van der Waals surface area contributed by atoms with E-state index in [2.05, 4.69) is 22.2 Å². The average Bonchev–Trinajstić information content (AvgIpc) is 2.65. The van der Waals surface area contributed by atoms with Gasteiger partial charge in [0.15, 0.2) is 0 Å². The van der Waals surface area contributed by atoms with Gasteiger partial charge in [0.25, 0.3) is 0 Å². The van der Waals surface area contributed by atoms with E-state index < -0.39 is 0 Å². The van der Waals surface area contributed by atoms with Crippen molar-refractivity contribution in [1.29, 1.82) is 0 Å². The Balaban J connectivity index is 1.86. The van der Waals surface area contributed by atoms with Crippen LogP contribution in [0, 0.1) is 0 Å². The zero-order valence-electron chi connectivity index (χ0n) is 9.55. The molecule has 1 aromatic rings. The molecule has 1 saturated carbocycles. The second-order valence-electron chi connectivity index (χ2n) is 4.91. The third kappa shape index (κ3) is 3.06. The number of hydrogen-bond donors (Lipinski definition) is 2. The number of rotatable bonds is 3. The van der Waals surface area contributed by atoms with E-state index in [-0.39, 0.29) is 0 Å². The number of aromatic amines is 1. The fraction of sp³-hybridized carbons (Fsp3) is 0.750. The zero-order valence-corrected chi connectivity index (χ0v) is 9.55. The average molecular weight is 207 g/mol. The summed E-state index contributed by atoms with van der Waals surface area (Å²) in [6.07, 6.45) is 11.8. The number of nitrogens with one attached hydrogen (secondary N) is 2. The lowest BCUT2D eigenvalue weighted by atomic mass is 9.92. The van der Waals surface area contributed by atoms with Crippen molar-refractivity contribution in [1.82, 2.24) is 15.3 Å². The van der Waals surface area contributed by atoms with Crippen LogP contribution < -0.4 is 5.32 Å². The Labute approximate surface area is 91.7 Å². The summed E-state index contributed by atoms with van der Waals surface area (Å²) >= 11 is 0. The highest BCUT2D eigenvalue weighted by Crippen LogP contribution is 2.26. The normalized spacial score (nSPS) is 21.1. The predicted molar refractivity (Wildman–Crippen MR) is 61.5 cm³/mol. The van der Waals surface area contributed by atoms with E-state index in [1.807, 2.05) is 6.20 Å². The van der Waals surface area contributed by atoms with Crippen LogP contribution in [-0.2, 0) is 6.54 Å². The maximum atomic E-state index is 4.03. The first-order valence-corrected chi connectivity index (χ1v) is 6.01. The molecule has 0 radical (unpaired) electrons. The maximum Gasteiger partial charge on any atom is 0.0922 e. The first-order valence-electron chi connectivity index (χ1n) is 6.01. The fourth-order valence-electron chi connectivity index (χ4n) is 2.38. The van der Waals surface area contributed by atoms with E-state index in [9.17, 15) is 0 Å². The van der Waals surface area contributed by atoms with Crippen LogP contribution in [0.2, 0.25) is 0 Å². The van der Waals surface area contributed by atoms with E-state index >= 15 is 0 Å². The highest BCUT2D eigenvalue weighted by molar-refractivity contribution is 4.96. The lowest BCUT2D eigenvalue weighted by molar-refractivity contribution is 0.309. The standard InChI is InChI=1S/C12H21N3/c1-12(6-4-2-3-5-7-12)15-9-11-8-13-10-14-11/h8,10,15H,2-7,9H2,1H3,(H,13,14). The summed E-state index contributed by atoms with van der Waals surface area (Å²) in [7, 11) is 0. The maximum absolute atomic E-state index is 4.03. The van der Waals surface area contributed by atoms with Gasteiger partial charge in [-0.15, -0.1) is 0 Å². The SMILES string of the molecule is CC1(NCc2cnc[nH]2)CCCCCC1. The van der Waals surface area contributed by atoms with Crippen LogP contribution in [0.1, 0.15) is 51.1 Å². The monoisotopic (exact) mass is 207 g/mol. The minimum absolute atomic E-state index is 0.335. The van der Waals surface area contributed by atoms with E-state index in [0.717, 1.165) is 6.54 Å². The molecule has 3 nitrogen and oxygen atoms in total. The van der Waals surface area contributed by atoms with Crippen molar-refractivity contribution in [3.63, 3.8) is 0 Å². The fourth-order valence-corrected chi connectivity index (χ4v) is 2.38. The van der Waals surface area contributed by atoms with E-state index in [1.165, 1.54) is 44.2 Å². The van der Waals surface area contributed by atoms with Gasteiger partial charge in [-0.1, -0.05) is 25.7 Å². The van der Waals surface area contributed by atoms with Gasteiger partial charge in [-0.2, -0.15) is 0 Å². The molecule has 1 fully saturated rings. The van der Waals surface area contributed by atoms with Crippen molar-refractivity contribution >= 4 is 0 Å². The molecular weight excluding hydrogens is 186 g/mol. The molecule has 15 heavy (non-hydrogen) atoms. The summed E-state index contributed by atoms with van der Waals surface area (Å²) in [5.41, 5.74) is 1.52. The molecule has 84 valence electrons. The summed E-state index contributed by atoms with van der Waals surface area (Å²) in [4.78, 5) is 7.17. The van der Waals surface area contributed by atoms with Gasteiger partial charge >= 0.3 is 0 Å². The van der Waals surface area contributed by atoms with Crippen molar-refractivity contribution in [3.8, 4) is 0 Å². The minimum Gasteiger partial charge on any atom is -0.347 e. The van der Waals surface area contributed by atoms with Crippen molar-refractivity contribution in [2.24, 2.45) is 0 Å². The third-order valence-corrected chi connectivity index (χ3v) is 3.47. The van der Waals surface area contributed by atoms with Crippen LogP contribution in [0.25, 0.3) is 0 Å². The van der Waals surface area contributed by atoms with Gasteiger partial charge in [0.2, 0.25) is 0 Å². The van der Waals surface area contributed by atoms with Gasteiger partial charge in [-0.05, 0) is 19.8 Å². The first kappa shape index (κ1) is 10.7. The molecule has 0 atom stereocenters. The molecule has 2 N–H and O–H groups in total. The van der Waals surface area contributed by atoms with E-state index in [0.29, 0.717) is 5.54 Å². The molecule has 0 aliphatic heterocycles. The molecule has 0 unspecified atom stereocenters. The number of nitrogens with zero attached hydrogens (tertiary/aromatic N) is 1. The molecule has 0 bridgehead atoms. The summed E-state index contributed by atoms with van der Waals surface area (Å²) in [6.45, 7) is 3.27. The van der Waals surface area contributed by atoms with Crippen molar-refractivity contribution in [2.45, 2.75) is 57.5 Å². The van der Waals surface area contributed by atoms with Crippen LogP contribution in [0.4, 0.5) is 0 Å². The summed E-state index contributed by atoms with van der Waals surface area (Å²) < 4.78 is 0. The van der Waals surface area contributed by atoms with Crippen molar-refractivity contribution in [2.75, 3.05) is 0 Å². The molecule has 1 aromatic heterocycles. The van der Waals surface area contributed by atoms with Gasteiger partial charge in [0.05, 0.1) is 6.33 Å². The van der Waals surface area contributed by atoms with Crippen LogP contribution in [-0.4, -0.2) is 15.5 Å². The summed E-state index contributed by atoms with van der Waals surface area (Å²) in [5, 5.41) is 3.67. The van der Waals surface area contributed by atoms with Crippen LogP contribution >= 0.6 is 0 Å². The smallest absolute Gasteiger partial charge is 0.0922 e.